The van der Waals surface area contributed by atoms with Gasteiger partial charge in [0.1, 0.15) is 0 Å². The Balaban J connectivity index is 1.61. The van der Waals surface area contributed by atoms with Crippen molar-refractivity contribution in [3.8, 4) is 5.69 Å². The zero-order valence-electron chi connectivity index (χ0n) is 17.7. The van der Waals surface area contributed by atoms with Gasteiger partial charge in [0.05, 0.1) is 11.8 Å². The topological polar surface area (TPSA) is 67.2 Å². The van der Waals surface area contributed by atoms with E-state index in [0.717, 1.165) is 23.4 Å². The van der Waals surface area contributed by atoms with Gasteiger partial charge in [0.2, 0.25) is 11.8 Å². The smallest absolute Gasteiger partial charge is 0.243 e. The van der Waals surface area contributed by atoms with Crippen LogP contribution in [0.4, 0.5) is 5.69 Å². The summed E-state index contributed by atoms with van der Waals surface area (Å²) in [7, 11) is 1.64. The fraction of sp³-hybridized carbons (Fsp3) is 0.261. The molecule has 3 rings (SSSR count). The normalized spacial score (nSPS) is 11.7. The number of thioether (sulfide) groups is 1. The van der Waals surface area contributed by atoms with Gasteiger partial charge in [-0.3, -0.25) is 14.2 Å². The first-order chi connectivity index (χ1) is 14.9. The number of aromatic nitrogens is 2. The summed E-state index contributed by atoms with van der Waals surface area (Å²) in [6.07, 6.45) is 4.35. The van der Waals surface area contributed by atoms with Crippen molar-refractivity contribution in [1.29, 1.82) is 0 Å². The van der Waals surface area contributed by atoms with Crippen LogP contribution in [0.15, 0.2) is 66.1 Å². The monoisotopic (exact) mass is 456 g/mol. The average molecular weight is 457 g/mol. The van der Waals surface area contributed by atoms with Gasteiger partial charge in [0, 0.05) is 35.8 Å². The van der Waals surface area contributed by atoms with Crippen LogP contribution >= 0.6 is 23.4 Å². The van der Waals surface area contributed by atoms with Crippen LogP contribution in [0, 0.1) is 0 Å². The number of carbonyl (C=O) groups excluding carboxylic acids is 2. The van der Waals surface area contributed by atoms with Crippen molar-refractivity contribution in [2.75, 3.05) is 18.9 Å². The molecule has 6 nitrogen and oxygen atoms in total. The van der Waals surface area contributed by atoms with E-state index < -0.39 is 5.25 Å². The van der Waals surface area contributed by atoms with Gasteiger partial charge in [-0.2, -0.15) is 0 Å². The number of imidazole rings is 1. The number of halogens is 1. The SMILES string of the molecule is CCc1ccccc1NC(=O)CN(C)C(=O)C(C)Sc1nccn1-c1ccc(Cl)cc1. The molecule has 0 bridgehead atoms. The molecule has 2 aromatic carbocycles. The Morgan fingerprint density at radius 2 is 1.90 bits per heavy atom. The zero-order chi connectivity index (χ0) is 22.4. The summed E-state index contributed by atoms with van der Waals surface area (Å²) < 4.78 is 1.90. The lowest BCUT2D eigenvalue weighted by molar-refractivity contribution is -0.132. The number of hydrogen-bond donors (Lipinski definition) is 1. The molecule has 2 amide bonds. The Kier molecular flexibility index (Phi) is 7.76. The van der Waals surface area contributed by atoms with Gasteiger partial charge < -0.3 is 10.2 Å². The minimum Gasteiger partial charge on any atom is -0.335 e. The minimum absolute atomic E-state index is 0.0204. The highest BCUT2D eigenvalue weighted by atomic mass is 35.5. The van der Waals surface area contributed by atoms with Gasteiger partial charge >= 0.3 is 0 Å². The Labute approximate surface area is 191 Å². The Bertz CT molecular complexity index is 1050. The van der Waals surface area contributed by atoms with Gasteiger partial charge in [-0.05, 0) is 49.2 Å². The van der Waals surface area contributed by atoms with E-state index in [1.807, 2.05) is 73.1 Å². The quantitative estimate of drug-likeness (QED) is 0.500. The lowest BCUT2D eigenvalue weighted by atomic mass is 10.1. The molecule has 0 spiro atoms. The van der Waals surface area contributed by atoms with E-state index in [2.05, 4.69) is 10.3 Å². The van der Waals surface area contributed by atoms with Crippen molar-refractivity contribution in [1.82, 2.24) is 14.5 Å². The summed E-state index contributed by atoms with van der Waals surface area (Å²) in [6, 6.07) is 15.1. The predicted octanol–water partition coefficient (Wildman–Crippen LogP) is 4.67. The first-order valence-corrected chi connectivity index (χ1v) is 11.2. The van der Waals surface area contributed by atoms with Crippen molar-refractivity contribution < 1.29 is 9.59 Å². The van der Waals surface area contributed by atoms with Gasteiger partial charge in [0.25, 0.3) is 0 Å². The number of nitrogens with zero attached hydrogens (tertiary/aromatic N) is 3. The third kappa shape index (κ3) is 5.89. The van der Waals surface area contributed by atoms with E-state index in [9.17, 15) is 9.59 Å². The number of carbonyl (C=O) groups is 2. The lowest BCUT2D eigenvalue weighted by Crippen LogP contribution is -2.39. The molecular weight excluding hydrogens is 432 g/mol. The van der Waals surface area contributed by atoms with Crippen LogP contribution in [-0.4, -0.2) is 45.1 Å². The van der Waals surface area contributed by atoms with E-state index in [1.165, 1.54) is 16.7 Å². The molecule has 1 N–H and O–H groups in total. The van der Waals surface area contributed by atoms with Crippen LogP contribution in [0.2, 0.25) is 5.02 Å². The summed E-state index contributed by atoms with van der Waals surface area (Å²) in [5, 5.41) is 3.84. The standard InChI is InChI=1S/C23H25ClN4O2S/c1-4-17-7-5-6-8-20(17)26-21(29)15-27(3)22(30)16(2)31-23-25-13-14-28(23)19-11-9-18(24)10-12-19/h5-14,16H,4,15H2,1-3H3,(H,26,29). The van der Waals surface area contributed by atoms with E-state index >= 15 is 0 Å². The lowest BCUT2D eigenvalue weighted by Gasteiger charge is -2.21. The molecule has 31 heavy (non-hydrogen) atoms. The Hall–Kier alpha value is -2.77. The minimum atomic E-state index is -0.408. The van der Waals surface area contributed by atoms with Crippen LogP contribution in [0.5, 0.6) is 0 Å². The summed E-state index contributed by atoms with van der Waals surface area (Å²) in [6.45, 7) is 3.83. The highest BCUT2D eigenvalue weighted by Crippen LogP contribution is 2.26. The van der Waals surface area contributed by atoms with E-state index in [1.54, 1.807) is 13.2 Å². The number of benzene rings is 2. The summed E-state index contributed by atoms with van der Waals surface area (Å²) >= 11 is 7.32. The van der Waals surface area contributed by atoms with Crippen molar-refractivity contribution in [2.45, 2.75) is 30.7 Å². The number of nitrogens with one attached hydrogen (secondary N) is 1. The van der Waals surface area contributed by atoms with Gasteiger partial charge in [-0.15, -0.1) is 0 Å². The first kappa shape index (κ1) is 22.9. The van der Waals surface area contributed by atoms with Crippen LogP contribution in [0.3, 0.4) is 0 Å². The number of aryl methyl sites for hydroxylation is 1. The molecule has 0 aliphatic heterocycles. The molecule has 1 atom stereocenters. The molecule has 0 aliphatic rings. The second-order valence-corrected chi connectivity index (χ2v) is 8.81. The van der Waals surface area contributed by atoms with E-state index in [-0.39, 0.29) is 18.4 Å². The van der Waals surface area contributed by atoms with E-state index in [4.69, 9.17) is 11.6 Å². The molecular formula is C23H25ClN4O2S. The maximum Gasteiger partial charge on any atom is 0.243 e. The van der Waals surface area contributed by atoms with Gasteiger partial charge in [-0.1, -0.05) is 48.5 Å². The molecule has 1 unspecified atom stereocenters. The number of para-hydroxylation sites is 1. The summed E-state index contributed by atoms with van der Waals surface area (Å²) in [5.74, 6) is -0.369. The third-order valence-corrected chi connectivity index (χ3v) is 6.09. The molecule has 0 radical (unpaired) electrons. The highest BCUT2D eigenvalue weighted by molar-refractivity contribution is 8.00. The molecule has 0 fully saturated rings. The zero-order valence-corrected chi connectivity index (χ0v) is 19.3. The molecule has 3 aromatic rings. The second kappa shape index (κ2) is 10.5. The fourth-order valence-electron chi connectivity index (χ4n) is 3.13. The fourth-order valence-corrected chi connectivity index (χ4v) is 4.25. The molecule has 0 saturated heterocycles. The Morgan fingerprint density at radius 1 is 1.19 bits per heavy atom. The van der Waals surface area contributed by atoms with Gasteiger partial charge in [0.15, 0.2) is 5.16 Å². The number of anilines is 1. The number of likely N-dealkylation sites (N-methyl/N-ethyl adjacent to an activating group) is 1. The molecule has 0 saturated carbocycles. The van der Waals surface area contributed by atoms with Crippen LogP contribution in [0.1, 0.15) is 19.4 Å². The largest absolute Gasteiger partial charge is 0.335 e. The molecule has 1 heterocycles. The number of amides is 2. The van der Waals surface area contributed by atoms with Crippen molar-refractivity contribution in [3.05, 3.63) is 71.5 Å². The molecule has 0 aliphatic carbocycles. The van der Waals surface area contributed by atoms with Crippen molar-refractivity contribution in [3.63, 3.8) is 0 Å². The van der Waals surface area contributed by atoms with Crippen molar-refractivity contribution >= 4 is 40.9 Å². The highest BCUT2D eigenvalue weighted by Gasteiger charge is 2.23. The maximum atomic E-state index is 12.8. The van der Waals surface area contributed by atoms with E-state index in [0.29, 0.717) is 10.2 Å². The average Bonchev–Trinajstić information content (AvgIpc) is 3.22. The second-order valence-electron chi connectivity index (χ2n) is 7.07. The molecule has 1 aromatic heterocycles. The van der Waals surface area contributed by atoms with Crippen LogP contribution in [-0.2, 0) is 16.0 Å². The number of hydrogen-bond acceptors (Lipinski definition) is 4. The summed E-state index contributed by atoms with van der Waals surface area (Å²) in [4.78, 5) is 31.1. The van der Waals surface area contributed by atoms with Gasteiger partial charge in [-0.25, -0.2) is 4.98 Å². The molecule has 162 valence electrons. The van der Waals surface area contributed by atoms with Crippen molar-refractivity contribution in [2.24, 2.45) is 0 Å². The van der Waals surface area contributed by atoms with Crippen LogP contribution in [0.25, 0.3) is 5.69 Å². The van der Waals surface area contributed by atoms with Crippen LogP contribution < -0.4 is 5.32 Å². The Morgan fingerprint density at radius 3 is 2.61 bits per heavy atom. The summed E-state index contributed by atoms with van der Waals surface area (Å²) in [5.41, 5.74) is 2.75. The number of rotatable bonds is 8. The predicted molar refractivity (Wildman–Crippen MR) is 126 cm³/mol. The maximum absolute atomic E-state index is 12.8. The first-order valence-electron chi connectivity index (χ1n) is 9.97. The molecule has 8 heteroatoms. The third-order valence-electron chi connectivity index (χ3n) is 4.77.